The maximum absolute atomic E-state index is 12.4. The summed E-state index contributed by atoms with van der Waals surface area (Å²) in [5, 5.41) is 3.68. The van der Waals surface area contributed by atoms with Gasteiger partial charge in [0.05, 0.1) is 4.47 Å². The second-order valence-electron chi connectivity index (χ2n) is 4.68. The number of nitrogens with zero attached hydrogens (tertiary/aromatic N) is 3. The maximum atomic E-state index is 12.4. The largest absolute Gasteiger partial charge is 0.342 e. The predicted molar refractivity (Wildman–Crippen MR) is 85.6 cm³/mol. The van der Waals surface area contributed by atoms with Gasteiger partial charge < -0.3 is 10.2 Å². The summed E-state index contributed by atoms with van der Waals surface area (Å²) in [7, 11) is 0. The highest BCUT2D eigenvalue weighted by Crippen LogP contribution is 2.25. The van der Waals surface area contributed by atoms with E-state index in [4.69, 9.17) is 11.6 Å². The fourth-order valence-electron chi connectivity index (χ4n) is 2.26. The molecule has 1 unspecified atom stereocenters. The molecule has 0 spiro atoms. The molecule has 21 heavy (non-hydrogen) atoms. The lowest BCUT2D eigenvalue weighted by atomic mass is 10.2. The molecule has 3 rings (SSSR count). The van der Waals surface area contributed by atoms with E-state index in [1.807, 2.05) is 12.1 Å². The minimum absolute atomic E-state index is 0.00351. The lowest BCUT2D eigenvalue weighted by Crippen LogP contribution is -2.33. The van der Waals surface area contributed by atoms with Crippen molar-refractivity contribution < 1.29 is 4.79 Å². The zero-order chi connectivity index (χ0) is 14.8. The third kappa shape index (κ3) is 3.16. The van der Waals surface area contributed by atoms with E-state index in [2.05, 4.69) is 31.2 Å². The Bertz CT molecular complexity index is 664. The van der Waals surface area contributed by atoms with E-state index in [0.717, 1.165) is 10.2 Å². The summed E-state index contributed by atoms with van der Waals surface area (Å²) in [6.45, 7) is 0.646. The van der Waals surface area contributed by atoms with Gasteiger partial charge in [0.15, 0.2) is 0 Å². The molecule has 1 aromatic heterocycles. The molecule has 2 heterocycles. The van der Waals surface area contributed by atoms with Gasteiger partial charge in [-0.3, -0.25) is 4.79 Å². The fraction of sp³-hybridized carbons (Fsp3) is 0.214. The molecule has 1 aromatic carbocycles. The second kappa shape index (κ2) is 5.99. The Morgan fingerprint density at radius 3 is 2.81 bits per heavy atom. The molecule has 2 aromatic rings. The first-order valence-corrected chi connectivity index (χ1v) is 7.61. The van der Waals surface area contributed by atoms with Gasteiger partial charge in [0.1, 0.15) is 6.04 Å². The Kier molecular flexibility index (Phi) is 4.07. The molecule has 0 aliphatic carbocycles. The number of aromatic nitrogens is 2. The quantitative estimate of drug-likeness (QED) is 0.905. The number of carbonyl (C=O) groups excluding carboxylic acids is 1. The summed E-state index contributed by atoms with van der Waals surface area (Å²) in [5.41, 5.74) is 0.813. The van der Waals surface area contributed by atoms with Gasteiger partial charge in [0.2, 0.25) is 11.9 Å². The van der Waals surface area contributed by atoms with E-state index in [-0.39, 0.29) is 11.9 Å². The molecule has 1 fully saturated rings. The Balaban J connectivity index is 1.73. The van der Waals surface area contributed by atoms with Crippen LogP contribution in [0.2, 0.25) is 5.02 Å². The number of halogens is 2. The number of nitrogens with one attached hydrogen (secondary N) is 1. The summed E-state index contributed by atoms with van der Waals surface area (Å²) in [4.78, 5) is 22.4. The number of carbonyl (C=O) groups is 1. The van der Waals surface area contributed by atoms with Crippen LogP contribution in [0, 0.1) is 0 Å². The van der Waals surface area contributed by atoms with E-state index in [1.54, 1.807) is 29.4 Å². The third-order valence-electron chi connectivity index (χ3n) is 3.25. The normalized spacial score (nSPS) is 18.1. The average Bonchev–Trinajstić information content (AvgIpc) is 2.83. The standard InChI is InChI=1S/C14H12BrClN4O/c15-9-7-17-14(18-8-9)19-12-4-5-20(13(12)21)11-3-1-2-10(16)6-11/h1-3,6-8,12H,4-5H2,(H,17,18,19). The van der Waals surface area contributed by atoms with Gasteiger partial charge in [-0.15, -0.1) is 0 Å². The van der Waals surface area contributed by atoms with Crippen molar-refractivity contribution in [2.75, 3.05) is 16.8 Å². The number of hydrogen-bond donors (Lipinski definition) is 1. The predicted octanol–water partition coefficient (Wildman–Crippen LogP) is 3.11. The Morgan fingerprint density at radius 1 is 1.33 bits per heavy atom. The van der Waals surface area contributed by atoms with Crippen molar-refractivity contribution in [3.05, 3.63) is 46.2 Å². The van der Waals surface area contributed by atoms with Crippen LogP contribution in [0.3, 0.4) is 0 Å². The minimum Gasteiger partial charge on any atom is -0.342 e. The topological polar surface area (TPSA) is 58.1 Å². The Hall–Kier alpha value is -1.66. The van der Waals surface area contributed by atoms with Crippen LogP contribution in [-0.4, -0.2) is 28.5 Å². The van der Waals surface area contributed by atoms with Crippen LogP contribution in [0.1, 0.15) is 6.42 Å². The number of amides is 1. The summed E-state index contributed by atoms with van der Waals surface area (Å²) < 4.78 is 0.798. The molecule has 1 saturated heterocycles. The fourth-order valence-corrected chi connectivity index (χ4v) is 2.65. The van der Waals surface area contributed by atoms with Crippen molar-refractivity contribution in [1.29, 1.82) is 0 Å². The molecule has 5 nitrogen and oxygen atoms in total. The molecule has 1 N–H and O–H groups in total. The molecule has 1 aliphatic rings. The van der Waals surface area contributed by atoms with Gasteiger partial charge in [-0.25, -0.2) is 9.97 Å². The van der Waals surface area contributed by atoms with Crippen molar-refractivity contribution in [3.8, 4) is 0 Å². The summed E-state index contributed by atoms with van der Waals surface area (Å²) in [6.07, 6.45) is 3.98. The van der Waals surface area contributed by atoms with Crippen LogP contribution >= 0.6 is 27.5 Å². The Morgan fingerprint density at radius 2 is 2.10 bits per heavy atom. The van der Waals surface area contributed by atoms with E-state index < -0.39 is 0 Å². The van der Waals surface area contributed by atoms with Crippen LogP contribution in [0.4, 0.5) is 11.6 Å². The van der Waals surface area contributed by atoms with E-state index >= 15 is 0 Å². The molecule has 108 valence electrons. The summed E-state index contributed by atoms with van der Waals surface area (Å²) in [6, 6.07) is 6.98. The van der Waals surface area contributed by atoms with E-state index in [0.29, 0.717) is 23.9 Å². The van der Waals surface area contributed by atoms with Gasteiger partial charge in [0, 0.05) is 29.6 Å². The first-order valence-electron chi connectivity index (χ1n) is 6.44. The molecular formula is C14H12BrClN4O. The van der Waals surface area contributed by atoms with Crippen LogP contribution in [0.15, 0.2) is 41.1 Å². The van der Waals surface area contributed by atoms with Crippen LogP contribution in [0.5, 0.6) is 0 Å². The highest BCUT2D eigenvalue weighted by molar-refractivity contribution is 9.10. The van der Waals surface area contributed by atoms with Gasteiger partial charge in [-0.05, 0) is 40.5 Å². The molecule has 1 amide bonds. The maximum Gasteiger partial charge on any atom is 0.249 e. The van der Waals surface area contributed by atoms with Crippen LogP contribution in [-0.2, 0) is 4.79 Å². The average molecular weight is 368 g/mol. The van der Waals surface area contributed by atoms with Crippen molar-refractivity contribution in [2.45, 2.75) is 12.5 Å². The van der Waals surface area contributed by atoms with Crippen molar-refractivity contribution in [2.24, 2.45) is 0 Å². The number of anilines is 2. The highest BCUT2D eigenvalue weighted by Gasteiger charge is 2.33. The number of rotatable bonds is 3. The van der Waals surface area contributed by atoms with Gasteiger partial charge in [0.25, 0.3) is 0 Å². The molecule has 1 atom stereocenters. The second-order valence-corrected chi connectivity index (χ2v) is 6.03. The lowest BCUT2D eigenvalue weighted by molar-refractivity contribution is -0.117. The van der Waals surface area contributed by atoms with E-state index in [9.17, 15) is 4.79 Å². The zero-order valence-corrected chi connectivity index (χ0v) is 13.3. The number of hydrogen-bond acceptors (Lipinski definition) is 4. The van der Waals surface area contributed by atoms with Gasteiger partial charge >= 0.3 is 0 Å². The zero-order valence-electron chi connectivity index (χ0n) is 11.0. The summed E-state index contributed by atoms with van der Waals surface area (Å²) in [5.74, 6) is 0.452. The first-order chi connectivity index (χ1) is 10.1. The highest BCUT2D eigenvalue weighted by atomic mass is 79.9. The molecule has 0 bridgehead atoms. The summed E-state index contributed by atoms with van der Waals surface area (Å²) >= 11 is 9.25. The van der Waals surface area contributed by atoms with Crippen molar-refractivity contribution in [1.82, 2.24) is 9.97 Å². The number of benzene rings is 1. The molecule has 0 radical (unpaired) electrons. The smallest absolute Gasteiger partial charge is 0.249 e. The van der Waals surface area contributed by atoms with Crippen molar-refractivity contribution >= 4 is 45.1 Å². The minimum atomic E-state index is -0.315. The SMILES string of the molecule is O=C1C(Nc2ncc(Br)cn2)CCN1c1cccc(Cl)c1. The van der Waals surface area contributed by atoms with Crippen LogP contribution in [0.25, 0.3) is 0 Å². The molecule has 1 aliphatic heterocycles. The monoisotopic (exact) mass is 366 g/mol. The van der Waals surface area contributed by atoms with Gasteiger partial charge in [-0.2, -0.15) is 0 Å². The molecule has 0 saturated carbocycles. The third-order valence-corrected chi connectivity index (χ3v) is 3.89. The lowest BCUT2D eigenvalue weighted by Gasteiger charge is -2.17. The van der Waals surface area contributed by atoms with E-state index in [1.165, 1.54) is 0 Å². The molecule has 7 heteroatoms. The van der Waals surface area contributed by atoms with Crippen LogP contribution < -0.4 is 10.2 Å². The molecular weight excluding hydrogens is 356 g/mol. The Labute approximate surface area is 135 Å². The van der Waals surface area contributed by atoms with Crippen molar-refractivity contribution in [3.63, 3.8) is 0 Å². The van der Waals surface area contributed by atoms with Gasteiger partial charge in [-0.1, -0.05) is 17.7 Å². The first kappa shape index (κ1) is 14.3.